The van der Waals surface area contributed by atoms with Gasteiger partial charge in [0.25, 0.3) is 0 Å². The first-order valence-corrected chi connectivity index (χ1v) is 6.73. The highest BCUT2D eigenvalue weighted by atomic mass is 16.4. The van der Waals surface area contributed by atoms with Gasteiger partial charge in [0, 0.05) is 6.54 Å². The molecule has 0 saturated heterocycles. The number of nitrogens with two attached hydrogens (primary N) is 1. The molecule has 2 bridgehead atoms. The van der Waals surface area contributed by atoms with Gasteiger partial charge >= 0.3 is 5.97 Å². The minimum absolute atomic E-state index is 0.0159. The van der Waals surface area contributed by atoms with E-state index in [9.17, 15) is 19.5 Å². The number of rotatable bonds is 5. The van der Waals surface area contributed by atoms with Gasteiger partial charge in [-0.3, -0.25) is 14.4 Å². The molecule has 1 fully saturated rings. The van der Waals surface area contributed by atoms with Crippen molar-refractivity contribution in [3.8, 4) is 0 Å². The Morgan fingerprint density at radius 1 is 1.25 bits per heavy atom. The number of nitrogens with one attached hydrogen (secondary N) is 1. The van der Waals surface area contributed by atoms with Crippen molar-refractivity contribution in [1.82, 2.24) is 5.32 Å². The van der Waals surface area contributed by atoms with Crippen molar-refractivity contribution in [2.75, 3.05) is 6.54 Å². The quantitative estimate of drug-likeness (QED) is 0.622. The molecule has 0 spiro atoms. The van der Waals surface area contributed by atoms with Gasteiger partial charge in [0.05, 0.1) is 17.3 Å². The summed E-state index contributed by atoms with van der Waals surface area (Å²) in [6, 6.07) is 0. The number of hydrogen-bond acceptors (Lipinski definition) is 3. The van der Waals surface area contributed by atoms with Crippen molar-refractivity contribution >= 4 is 17.8 Å². The summed E-state index contributed by atoms with van der Waals surface area (Å²) in [6.07, 6.45) is 4.53. The highest BCUT2D eigenvalue weighted by Crippen LogP contribution is 2.48. The van der Waals surface area contributed by atoms with Gasteiger partial charge in [0.1, 0.15) is 0 Å². The first-order chi connectivity index (χ1) is 9.24. The number of carboxylic acid groups (broad SMARTS) is 1. The van der Waals surface area contributed by atoms with E-state index >= 15 is 0 Å². The number of carbonyl (C=O) groups is 3. The highest BCUT2D eigenvalue weighted by Gasteiger charge is 2.51. The molecule has 0 heterocycles. The van der Waals surface area contributed by atoms with Gasteiger partial charge in [-0.15, -0.1) is 0 Å². The molecular weight excluding hydrogens is 260 g/mol. The van der Waals surface area contributed by atoms with E-state index in [1.165, 1.54) is 0 Å². The third kappa shape index (κ3) is 2.42. The Morgan fingerprint density at radius 2 is 1.80 bits per heavy atom. The summed E-state index contributed by atoms with van der Waals surface area (Å²) in [7, 11) is 0. The number of carboxylic acids is 1. The molecule has 0 aromatic rings. The zero-order valence-electron chi connectivity index (χ0n) is 11.6. The summed E-state index contributed by atoms with van der Waals surface area (Å²) in [5, 5.41) is 12.0. The maximum atomic E-state index is 12.3. The van der Waals surface area contributed by atoms with Crippen molar-refractivity contribution < 1.29 is 19.5 Å². The Hall–Kier alpha value is -1.85. The predicted molar refractivity (Wildman–Crippen MR) is 71.3 cm³/mol. The van der Waals surface area contributed by atoms with Crippen LogP contribution in [0.4, 0.5) is 0 Å². The lowest BCUT2D eigenvalue weighted by Gasteiger charge is -2.26. The van der Waals surface area contributed by atoms with Gasteiger partial charge in [0.2, 0.25) is 11.8 Å². The average Bonchev–Trinajstić information content (AvgIpc) is 2.95. The molecule has 0 aromatic heterocycles. The molecule has 4 N–H and O–H groups in total. The summed E-state index contributed by atoms with van der Waals surface area (Å²) in [5.41, 5.74) is 4.41. The summed E-state index contributed by atoms with van der Waals surface area (Å²) in [4.78, 5) is 34.8. The number of hydrogen-bond donors (Lipinski definition) is 3. The van der Waals surface area contributed by atoms with E-state index in [-0.39, 0.29) is 24.3 Å². The third-order valence-corrected chi connectivity index (χ3v) is 4.42. The van der Waals surface area contributed by atoms with Gasteiger partial charge in [0.15, 0.2) is 0 Å². The van der Waals surface area contributed by atoms with E-state index in [4.69, 9.17) is 5.73 Å². The highest BCUT2D eigenvalue weighted by molar-refractivity contribution is 5.87. The number of aliphatic carboxylic acids is 1. The maximum Gasteiger partial charge on any atom is 0.307 e. The van der Waals surface area contributed by atoms with Crippen LogP contribution in [0.15, 0.2) is 12.2 Å². The molecule has 6 heteroatoms. The van der Waals surface area contributed by atoms with Crippen LogP contribution in [-0.2, 0) is 14.4 Å². The number of amides is 2. The number of fused-ring (bicyclic) bond motifs is 2. The second kappa shape index (κ2) is 4.92. The van der Waals surface area contributed by atoms with Gasteiger partial charge in [-0.2, -0.15) is 0 Å². The average molecular weight is 280 g/mol. The largest absolute Gasteiger partial charge is 0.481 e. The molecule has 2 amide bonds. The Kier molecular flexibility index (Phi) is 3.58. The molecule has 0 aliphatic heterocycles. The van der Waals surface area contributed by atoms with Gasteiger partial charge < -0.3 is 16.2 Å². The van der Waals surface area contributed by atoms with E-state index < -0.39 is 29.1 Å². The fourth-order valence-corrected chi connectivity index (χ4v) is 3.03. The van der Waals surface area contributed by atoms with Crippen LogP contribution in [0.2, 0.25) is 0 Å². The lowest BCUT2D eigenvalue weighted by atomic mass is 9.82. The molecule has 2 aliphatic carbocycles. The first-order valence-electron chi connectivity index (χ1n) is 6.73. The monoisotopic (exact) mass is 280 g/mol. The van der Waals surface area contributed by atoms with Gasteiger partial charge in [-0.05, 0) is 32.1 Å². The standard InChI is InChI=1S/C14H20N2O4/c1-14(2,13(15)20)6-16-11(17)9-7-3-4-8(5-7)10(9)12(18)19/h3-4,7-10H,5-6H2,1-2H3,(H2,15,20)(H,16,17)(H,18,19)/t7?,8?,9-,10+/m0/s1. The Balaban J connectivity index is 2.04. The van der Waals surface area contributed by atoms with Crippen LogP contribution < -0.4 is 11.1 Å². The molecule has 4 atom stereocenters. The van der Waals surface area contributed by atoms with Crippen molar-refractivity contribution in [3.63, 3.8) is 0 Å². The summed E-state index contributed by atoms with van der Waals surface area (Å²) in [6.45, 7) is 3.40. The third-order valence-electron chi connectivity index (χ3n) is 4.42. The minimum Gasteiger partial charge on any atom is -0.481 e. The number of carbonyl (C=O) groups excluding carboxylic acids is 2. The molecular formula is C14H20N2O4. The Morgan fingerprint density at radius 3 is 2.30 bits per heavy atom. The van der Waals surface area contributed by atoms with E-state index in [0.29, 0.717) is 6.42 Å². The van der Waals surface area contributed by atoms with E-state index in [1.807, 2.05) is 12.2 Å². The van der Waals surface area contributed by atoms with Crippen LogP contribution in [0.25, 0.3) is 0 Å². The Labute approximate surface area is 117 Å². The van der Waals surface area contributed by atoms with Crippen LogP contribution in [-0.4, -0.2) is 29.4 Å². The van der Waals surface area contributed by atoms with E-state index in [1.54, 1.807) is 13.8 Å². The first kappa shape index (κ1) is 14.6. The smallest absolute Gasteiger partial charge is 0.307 e. The molecule has 110 valence electrons. The number of primary amides is 1. The van der Waals surface area contributed by atoms with Crippen molar-refractivity contribution in [1.29, 1.82) is 0 Å². The van der Waals surface area contributed by atoms with Crippen LogP contribution in [0.1, 0.15) is 20.3 Å². The van der Waals surface area contributed by atoms with Gasteiger partial charge in [-0.1, -0.05) is 12.2 Å². The lowest BCUT2D eigenvalue weighted by molar-refractivity contribution is -0.148. The molecule has 2 unspecified atom stereocenters. The zero-order valence-corrected chi connectivity index (χ0v) is 11.6. The van der Waals surface area contributed by atoms with Crippen molar-refractivity contribution in [3.05, 3.63) is 12.2 Å². The molecule has 2 aliphatic rings. The zero-order chi connectivity index (χ0) is 15.1. The second-order valence-corrected chi connectivity index (χ2v) is 6.30. The van der Waals surface area contributed by atoms with Crippen molar-refractivity contribution in [2.45, 2.75) is 20.3 Å². The molecule has 1 saturated carbocycles. The topological polar surface area (TPSA) is 109 Å². The predicted octanol–water partition coefficient (Wildman–Crippen LogP) is 0.137. The van der Waals surface area contributed by atoms with Crippen molar-refractivity contribution in [2.24, 2.45) is 34.8 Å². The van der Waals surface area contributed by atoms with Crippen LogP contribution in [0, 0.1) is 29.1 Å². The summed E-state index contributed by atoms with van der Waals surface area (Å²) < 4.78 is 0. The molecule has 0 aromatic carbocycles. The lowest BCUT2D eigenvalue weighted by Crippen LogP contribution is -2.46. The van der Waals surface area contributed by atoms with E-state index in [2.05, 4.69) is 5.32 Å². The van der Waals surface area contributed by atoms with Crippen LogP contribution in [0.5, 0.6) is 0 Å². The fourth-order valence-electron chi connectivity index (χ4n) is 3.03. The Bertz CT molecular complexity index is 484. The molecule has 2 rings (SSSR count). The molecule has 20 heavy (non-hydrogen) atoms. The fraction of sp³-hybridized carbons (Fsp3) is 0.643. The SMILES string of the molecule is CC(C)(CNC(=O)[C@H]1C2C=CC(C2)[C@H]1C(=O)O)C(N)=O. The number of allylic oxidation sites excluding steroid dienone is 2. The normalized spacial score (nSPS) is 31.3. The maximum absolute atomic E-state index is 12.3. The molecule has 6 nitrogen and oxygen atoms in total. The summed E-state index contributed by atoms with van der Waals surface area (Å²) in [5.74, 6) is -3.02. The summed E-state index contributed by atoms with van der Waals surface area (Å²) >= 11 is 0. The second-order valence-electron chi connectivity index (χ2n) is 6.30. The van der Waals surface area contributed by atoms with Gasteiger partial charge in [-0.25, -0.2) is 0 Å². The van der Waals surface area contributed by atoms with Crippen LogP contribution in [0.3, 0.4) is 0 Å². The minimum atomic E-state index is -0.934. The van der Waals surface area contributed by atoms with E-state index in [0.717, 1.165) is 0 Å². The molecule has 0 radical (unpaired) electrons. The van der Waals surface area contributed by atoms with Crippen LogP contribution >= 0.6 is 0 Å².